The number of amides is 1. The predicted octanol–water partition coefficient (Wildman–Crippen LogP) is 2.34. The van der Waals surface area contributed by atoms with Crippen molar-refractivity contribution in [3.05, 3.63) is 54.4 Å². The maximum atomic E-state index is 12.1. The van der Waals surface area contributed by atoms with Crippen molar-refractivity contribution in [1.82, 2.24) is 10.3 Å². The topological polar surface area (TPSA) is 77.2 Å². The molecule has 0 bridgehead atoms. The average molecular weight is 297 g/mol. The van der Waals surface area contributed by atoms with Gasteiger partial charge in [-0.1, -0.05) is 18.2 Å². The van der Waals surface area contributed by atoms with Crippen LogP contribution < -0.4 is 15.8 Å². The van der Waals surface area contributed by atoms with E-state index in [-0.39, 0.29) is 11.9 Å². The molecule has 1 fully saturated rings. The molecule has 1 aromatic heterocycles. The van der Waals surface area contributed by atoms with E-state index < -0.39 is 0 Å². The van der Waals surface area contributed by atoms with Gasteiger partial charge in [0.25, 0.3) is 5.91 Å². The number of aromatic nitrogens is 1. The molecule has 3 N–H and O–H groups in total. The highest BCUT2D eigenvalue weighted by atomic mass is 16.5. The Kier molecular flexibility index (Phi) is 4.34. The lowest BCUT2D eigenvalue weighted by Crippen LogP contribution is -2.38. The summed E-state index contributed by atoms with van der Waals surface area (Å²) in [6.45, 7) is 0.481. The van der Waals surface area contributed by atoms with Crippen LogP contribution in [0.25, 0.3) is 0 Å². The van der Waals surface area contributed by atoms with Crippen LogP contribution in [0, 0.1) is 5.92 Å². The Bertz CT molecular complexity index is 641. The van der Waals surface area contributed by atoms with Gasteiger partial charge in [0.1, 0.15) is 17.2 Å². The first kappa shape index (κ1) is 14.5. The summed E-state index contributed by atoms with van der Waals surface area (Å²) < 4.78 is 5.70. The van der Waals surface area contributed by atoms with Crippen LogP contribution in [0.1, 0.15) is 23.3 Å². The van der Waals surface area contributed by atoms with Crippen molar-refractivity contribution in [1.29, 1.82) is 0 Å². The lowest BCUT2D eigenvalue weighted by Gasteiger charge is -2.11. The van der Waals surface area contributed by atoms with E-state index in [1.165, 1.54) is 0 Å². The molecular weight excluding hydrogens is 278 g/mol. The molecule has 22 heavy (non-hydrogen) atoms. The zero-order valence-corrected chi connectivity index (χ0v) is 12.2. The molecule has 1 atom stereocenters. The van der Waals surface area contributed by atoms with Gasteiger partial charge in [-0.3, -0.25) is 9.78 Å². The Morgan fingerprint density at radius 1 is 1.27 bits per heavy atom. The van der Waals surface area contributed by atoms with Gasteiger partial charge in [-0.2, -0.15) is 0 Å². The summed E-state index contributed by atoms with van der Waals surface area (Å²) in [5.74, 6) is 1.63. The number of carbonyl (C=O) groups is 1. The number of hydrogen-bond donors (Lipinski definition) is 2. The minimum Gasteiger partial charge on any atom is -0.457 e. The fraction of sp³-hybridized carbons (Fsp3) is 0.294. The molecule has 1 aliphatic rings. The molecule has 5 nitrogen and oxygen atoms in total. The molecule has 1 unspecified atom stereocenters. The fourth-order valence-corrected chi connectivity index (χ4v) is 2.22. The van der Waals surface area contributed by atoms with Gasteiger partial charge in [0, 0.05) is 24.8 Å². The highest BCUT2D eigenvalue weighted by Crippen LogP contribution is 2.31. The summed E-state index contributed by atoms with van der Waals surface area (Å²) in [6, 6.07) is 12.8. The first-order chi connectivity index (χ1) is 10.7. The molecule has 1 heterocycles. The van der Waals surface area contributed by atoms with Crippen LogP contribution in [0.2, 0.25) is 0 Å². The van der Waals surface area contributed by atoms with Crippen LogP contribution in [-0.4, -0.2) is 23.5 Å². The molecule has 0 aliphatic heterocycles. The van der Waals surface area contributed by atoms with E-state index in [1.54, 1.807) is 18.3 Å². The van der Waals surface area contributed by atoms with Crippen molar-refractivity contribution in [3.63, 3.8) is 0 Å². The number of carbonyl (C=O) groups excluding carboxylic acids is 1. The van der Waals surface area contributed by atoms with Crippen molar-refractivity contribution in [3.8, 4) is 11.5 Å². The molecule has 1 saturated carbocycles. The first-order valence-electron chi connectivity index (χ1n) is 7.45. The summed E-state index contributed by atoms with van der Waals surface area (Å²) in [5.41, 5.74) is 6.31. The second-order valence-electron chi connectivity index (χ2n) is 5.50. The van der Waals surface area contributed by atoms with Crippen LogP contribution in [0.4, 0.5) is 0 Å². The Labute approximate surface area is 129 Å². The summed E-state index contributed by atoms with van der Waals surface area (Å²) in [5, 5.41) is 2.83. The largest absolute Gasteiger partial charge is 0.457 e. The second kappa shape index (κ2) is 6.58. The molecular formula is C17H19N3O2. The van der Waals surface area contributed by atoms with Crippen LogP contribution in [-0.2, 0) is 0 Å². The molecule has 0 spiro atoms. The summed E-state index contributed by atoms with van der Waals surface area (Å²) >= 11 is 0. The van der Waals surface area contributed by atoms with Gasteiger partial charge in [0.15, 0.2) is 0 Å². The van der Waals surface area contributed by atoms with E-state index in [0.717, 1.165) is 18.6 Å². The number of nitrogens with two attached hydrogens (primary N) is 1. The van der Waals surface area contributed by atoms with Gasteiger partial charge in [-0.25, -0.2) is 0 Å². The van der Waals surface area contributed by atoms with Gasteiger partial charge >= 0.3 is 0 Å². The molecule has 1 aromatic carbocycles. The van der Waals surface area contributed by atoms with Crippen LogP contribution in [0.15, 0.2) is 48.7 Å². The summed E-state index contributed by atoms with van der Waals surface area (Å²) in [6.07, 6.45) is 3.89. The normalized spacial score (nSPS) is 15.1. The van der Waals surface area contributed by atoms with Crippen molar-refractivity contribution in [2.75, 3.05) is 6.54 Å². The van der Waals surface area contributed by atoms with Crippen molar-refractivity contribution >= 4 is 5.91 Å². The number of hydrogen-bond acceptors (Lipinski definition) is 4. The number of benzene rings is 1. The third-order valence-electron chi connectivity index (χ3n) is 3.67. The minimum atomic E-state index is -0.227. The lowest BCUT2D eigenvalue weighted by molar-refractivity contribution is 0.0945. The Morgan fingerprint density at radius 3 is 2.77 bits per heavy atom. The van der Waals surface area contributed by atoms with Gasteiger partial charge < -0.3 is 15.8 Å². The molecule has 0 radical (unpaired) electrons. The zero-order chi connectivity index (χ0) is 15.4. The first-order valence-corrected chi connectivity index (χ1v) is 7.45. The maximum absolute atomic E-state index is 12.1. The monoisotopic (exact) mass is 297 g/mol. The number of rotatable bonds is 6. The average Bonchev–Trinajstić information content (AvgIpc) is 3.38. The third kappa shape index (κ3) is 3.83. The van der Waals surface area contributed by atoms with Crippen molar-refractivity contribution in [2.24, 2.45) is 11.7 Å². The minimum absolute atomic E-state index is 0.0349. The lowest BCUT2D eigenvalue weighted by atomic mass is 10.2. The number of para-hydroxylation sites is 1. The third-order valence-corrected chi connectivity index (χ3v) is 3.67. The Hall–Kier alpha value is -2.40. The number of pyridine rings is 1. The van der Waals surface area contributed by atoms with Gasteiger partial charge in [0.05, 0.1) is 0 Å². The summed E-state index contributed by atoms with van der Waals surface area (Å²) in [4.78, 5) is 16.2. The number of nitrogens with zero attached hydrogens (tertiary/aromatic N) is 1. The van der Waals surface area contributed by atoms with E-state index in [1.807, 2.05) is 30.3 Å². The van der Waals surface area contributed by atoms with Gasteiger partial charge in [0.2, 0.25) is 0 Å². The van der Waals surface area contributed by atoms with Gasteiger partial charge in [-0.15, -0.1) is 0 Å². The summed E-state index contributed by atoms with van der Waals surface area (Å²) in [7, 11) is 0. The van der Waals surface area contributed by atoms with Crippen LogP contribution in [0.3, 0.4) is 0 Å². The van der Waals surface area contributed by atoms with Crippen LogP contribution in [0.5, 0.6) is 11.5 Å². The molecule has 0 saturated heterocycles. The van der Waals surface area contributed by atoms with Crippen molar-refractivity contribution < 1.29 is 9.53 Å². The highest BCUT2D eigenvalue weighted by Gasteiger charge is 2.28. The quantitative estimate of drug-likeness (QED) is 0.858. The number of nitrogens with one attached hydrogen (secondary N) is 1. The molecule has 1 aliphatic carbocycles. The Balaban J connectivity index is 1.61. The Morgan fingerprint density at radius 2 is 2.05 bits per heavy atom. The molecule has 1 amide bonds. The number of ether oxygens (including phenoxy) is 1. The van der Waals surface area contributed by atoms with Crippen LogP contribution >= 0.6 is 0 Å². The van der Waals surface area contributed by atoms with E-state index in [2.05, 4.69) is 10.3 Å². The van der Waals surface area contributed by atoms with E-state index in [4.69, 9.17) is 10.5 Å². The SMILES string of the molecule is NC(CNC(=O)c1cc(Oc2ccccc2)ccn1)C1CC1. The van der Waals surface area contributed by atoms with Gasteiger partial charge in [-0.05, 0) is 37.0 Å². The van der Waals surface area contributed by atoms with E-state index in [9.17, 15) is 4.79 Å². The molecule has 5 heteroatoms. The molecule has 3 rings (SSSR count). The zero-order valence-electron chi connectivity index (χ0n) is 12.2. The maximum Gasteiger partial charge on any atom is 0.270 e. The fourth-order valence-electron chi connectivity index (χ4n) is 2.22. The predicted molar refractivity (Wildman–Crippen MR) is 83.8 cm³/mol. The van der Waals surface area contributed by atoms with E-state index in [0.29, 0.717) is 23.9 Å². The van der Waals surface area contributed by atoms with E-state index >= 15 is 0 Å². The second-order valence-corrected chi connectivity index (χ2v) is 5.50. The standard InChI is InChI=1S/C17H19N3O2/c18-15(12-6-7-12)11-20-17(21)16-10-14(8-9-19-16)22-13-4-2-1-3-5-13/h1-5,8-10,12,15H,6-7,11,18H2,(H,20,21). The molecule has 2 aromatic rings. The smallest absolute Gasteiger partial charge is 0.270 e. The molecule has 114 valence electrons. The van der Waals surface area contributed by atoms with Crippen molar-refractivity contribution in [2.45, 2.75) is 18.9 Å². The highest BCUT2D eigenvalue weighted by molar-refractivity contribution is 5.92.